The molecule has 0 aliphatic heterocycles. The highest BCUT2D eigenvalue weighted by molar-refractivity contribution is 7.16. The van der Waals surface area contributed by atoms with Gasteiger partial charge in [-0.15, -0.1) is 11.3 Å². The molecule has 0 fully saturated rings. The van der Waals surface area contributed by atoms with Crippen LogP contribution in [0.5, 0.6) is 5.75 Å². The number of carbonyl (C=O) groups excluding carboxylic acids is 1. The standard InChI is InChI=1S/C32H32Cl2N2O3S/c1-32(2,3)22-10-11-25-28(16-22)40-31(29(25)30(37)35-18-24-8-5-13-38-24)36-17-20-6-4-7-23(14-20)39-19-21-9-12-26(33)27(34)15-21/h4-9,12-15,17,22H,10-11,16,18-19H2,1-3H3,(H,35,37)/t22-/m0/s1. The van der Waals surface area contributed by atoms with E-state index in [0.717, 1.165) is 41.0 Å². The number of hydrogen-bond acceptors (Lipinski definition) is 5. The summed E-state index contributed by atoms with van der Waals surface area (Å²) in [7, 11) is 0. The van der Waals surface area contributed by atoms with Gasteiger partial charge in [-0.1, -0.05) is 62.2 Å². The molecular weight excluding hydrogens is 563 g/mol. The molecule has 5 nitrogen and oxygen atoms in total. The van der Waals surface area contributed by atoms with Crippen molar-refractivity contribution in [1.29, 1.82) is 0 Å². The first kappa shape index (κ1) is 28.5. The summed E-state index contributed by atoms with van der Waals surface area (Å²) in [5.41, 5.74) is 3.84. The SMILES string of the molecule is CC(C)(C)[C@H]1CCc2c(sc(N=Cc3cccc(OCc4ccc(Cl)c(Cl)c4)c3)c2C(=O)NCc2ccco2)C1. The fourth-order valence-corrected chi connectivity index (χ4v) is 6.51. The number of rotatable bonds is 8. The van der Waals surface area contributed by atoms with Crippen LogP contribution < -0.4 is 10.1 Å². The van der Waals surface area contributed by atoms with E-state index in [1.807, 2.05) is 42.5 Å². The first-order chi connectivity index (χ1) is 19.2. The zero-order chi connectivity index (χ0) is 28.3. The van der Waals surface area contributed by atoms with Crippen LogP contribution in [0.25, 0.3) is 0 Å². The zero-order valence-electron chi connectivity index (χ0n) is 22.8. The second kappa shape index (κ2) is 12.2. The Kier molecular flexibility index (Phi) is 8.69. The smallest absolute Gasteiger partial charge is 0.255 e. The van der Waals surface area contributed by atoms with Crippen molar-refractivity contribution >= 4 is 51.7 Å². The third-order valence-corrected chi connectivity index (χ3v) is 9.18. The largest absolute Gasteiger partial charge is 0.489 e. The van der Waals surface area contributed by atoms with E-state index >= 15 is 0 Å². The monoisotopic (exact) mass is 594 g/mol. The minimum atomic E-state index is -0.117. The van der Waals surface area contributed by atoms with Gasteiger partial charge in [-0.05, 0) is 83.7 Å². The maximum atomic E-state index is 13.4. The van der Waals surface area contributed by atoms with Crippen LogP contribution in [-0.4, -0.2) is 12.1 Å². The molecule has 0 saturated carbocycles. The number of amides is 1. The van der Waals surface area contributed by atoms with E-state index in [9.17, 15) is 4.79 Å². The van der Waals surface area contributed by atoms with Gasteiger partial charge in [-0.3, -0.25) is 4.79 Å². The van der Waals surface area contributed by atoms with Crippen LogP contribution >= 0.6 is 34.5 Å². The Morgan fingerprint density at radius 3 is 2.75 bits per heavy atom. The molecule has 0 saturated heterocycles. The number of fused-ring (bicyclic) bond motifs is 1. The number of benzene rings is 2. The average molecular weight is 596 g/mol. The van der Waals surface area contributed by atoms with Gasteiger partial charge in [0.15, 0.2) is 0 Å². The molecule has 8 heteroatoms. The molecular formula is C32H32Cl2N2O3S. The number of furan rings is 1. The fourth-order valence-electron chi connectivity index (χ4n) is 4.92. The topological polar surface area (TPSA) is 63.8 Å². The molecule has 0 spiro atoms. The van der Waals surface area contributed by atoms with Crippen molar-refractivity contribution < 1.29 is 13.9 Å². The molecule has 2 heterocycles. The lowest BCUT2D eigenvalue weighted by Crippen LogP contribution is -2.28. The van der Waals surface area contributed by atoms with E-state index in [1.54, 1.807) is 35.9 Å². The molecule has 0 unspecified atom stereocenters. The van der Waals surface area contributed by atoms with Crippen LogP contribution in [0.1, 0.15) is 64.9 Å². The molecule has 0 radical (unpaired) electrons. The number of nitrogens with one attached hydrogen (secondary N) is 1. The predicted molar refractivity (Wildman–Crippen MR) is 164 cm³/mol. The second-order valence-electron chi connectivity index (χ2n) is 11.1. The highest BCUT2D eigenvalue weighted by atomic mass is 35.5. The number of hydrogen-bond donors (Lipinski definition) is 1. The molecule has 1 aliphatic rings. The summed E-state index contributed by atoms with van der Waals surface area (Å²) in [6.07, 6.45) is 6.32. The Hall–Kier alpha value is -3.06. The number of thiophene rings is 1. The lowest BCUT2D eigenvalue weighted by atomic mass is 9.72. The first-order valence-corrected chi connectivity index (χ1v) is 14.9. The maximum absolute atomic E-state index is 13.4. The normalized spacial score (nSPS) is 15.3. The zero-order valence-corrected chi connectivity index (χ0v) is 25.1. The third-order valence-electron chi connectivity index (χ3n) is 7.28. The van der Waals surface area contributed by atoms with Crippen molar-refractivity contribution in [2.45, 2.75) is 53.2 Å². The molecule has 1 N–H and O–H groups in total. The summed E-state index contributed by atoms with van der Waals surface area (Å²) >= 11 is 13.8. The summed E-state index contributed by atoms with van der Waals surface area (Å²) in [6.45, 7) is 7.58. The predicted octanol–water partition coefficient (Wildman–Crippen LogP) is 9.06. The summed E-state index contributed by atoms with van der Waals surface area (Å²) in [4.78, 5) is 19.5. The fraction of sp³-hybridized carbons (Fsp3) is 0.312. The van der Waals surface area contributed by atoms with Gasteiger partial charge in [0.1, 0.15) is 23.1 Å². The van der Waals surface area contributed by atoms with Gasteiger partial charge >= 0.3 is 0 Å². The van der Waals surface area contributed by atoms with Gasteiger partial charge < -0.3 is 14.5 Å². The van der Waals surface area contributed by atoms with Gasteiger partial charge in [0.2, 0.25) is 0 Å². The summed E-state index contributed by atoms with van der Waals surface area (Å²) < 4.78 is 11.4. The Labute approximate surface area is 249 Å². The molecule has 2 aromatic heterocycles. The third kappa shape index (κ3) is 6.80. The average Bonchev–Trinajstić information content (AvgIpc) is 3.58. The molecule has 1 aliphatic carbocycles. The molecule has 1 amide bonds. The van der Waals surface area contributed by atoms with Crippen LogP contribution in [0.3, 0.4) is 0 Å². The highest BCUT2D eigenvalue weighted by Crippen LogP contribution is 2.45. The van der Waals surface area contributed by atoms with Gasteiger partial charge in [-0.2, -0.15) is 0 Å². The molecule has 2 aromatic carbocycles. The Morgan fingerprint density at radius 2 is 2.00 bits per heavy atom. The number of nitrogens with zero attached hydrogens (tertiary/aromatic N) is 1. The Bertz CT molecular complexity index is 1520. The van der Waals surface area contributed by atoms with Crippen molar-refractivity contribution in [3.63, 3.8) is 0 Å². The minimum absolute atomic E-state index is 0.117. The van der Waals surface area contributed by atoms with E-state index in [1.165, 1.54) is 4.88 Å². The first-order valence-electron chi connectivity index (χ1n) is 13.3. The van der Waals surface area contributed by atoms with Crippen molar-refractivity contribution in [3.8, 4) is 5.75 Å². The van der Waals surface area contributed by atoms with E-state index in [2.05, 4.69) is 26.1 Å². The second-order valence-corrected chi connectivity index (χ2v) is 13.0. The van der Waals surface area contributed by atoms with Crippen molar-refractivity contribution in [2.75, 3.05) is 0 Å². The minimum Gasteiger partial charge on any atom is -0.489 e. The van der Waals surface area contributed by atoms with Gasteiger partial charge in [0.05, 0.1) is 28.4 Å². The van der Waals surface area contributed by atoms with Crippen LogP contribution in [0.4, 0.5) is 5.00 Å². The summed E-state index contributed by atoms with van der Waals surface area (Å²) in [5, 5.41) is 4.78. The quantitative estimate of drug-likeness (QED) is 0.207. The molecule has 40 heavy (non-hydrogen) atoms. The number of aliphatic imine (C=N–C) groups is 1. The summed E-state index contributed by atoms with van der Waals surface area (Å²) in [6, 6.07) is 16.9. The molecule has 208 valence electrons. The molecule has 1 atom stereocenters. The van der Waals surface area contributed by atoms with Crippen LogP contribution in [0.15, 0.2) is 70.3 Å². The van der Waals surface area contributed by atoms with Crippen molar-refractivity contribution in [3.05, 3.63) is 104 Å². The highest BCUT2D eigenvalue weighted by Gasteiger charge is 2.33. The lowest BCUT2D eigenvalue weighted by Gasteiger charge is -2.33. The number of carbonyl (C=O) groups is 1. The number of ether oxygens (including phenoxy) is 1. The van der Waals surface area contributed by atoms with Crippen LogP contribution in [0, 0.1) is 11.3 Å². The van der Waals surface area contributed by atoms with Crippen molar-refractivity contribution in [1.82, 2.24) is 5.32 Å². The molecule has 4 aromatic rings. The Morgan fingerprint density at radius 1 is 1.15 bits per heavy atom. The van der Waals surface area contributed by atoms with Gasteiger partial charge in [-0.25, -0.2) is 4.99 Å². The van der Waals surface area contributed by atoms with Crippen LogP contribution in [-0.2, 0) is 26.0 Å². The maximum Gasteiger partial charge on any atom is 0.255 e. The summed E-state index contributed by atoms with van der Waals surface area (Å²) in [5.74, 6) is 1.88. The Balaban J connectivity index is 1.36. The lowest BCUT2D eigenvalue weighted by molar-refractivity contribution is 0.0947. The van der Waals surface area contributed by atoms with Gasteiger partial charge in [0.25, 0.3) is 5.91 Å². The van der Waals surface area contributed by atoms with Gasteiger partial charge in [0, 0.05) is 11.1 Å². The van der Waals surface area contributed by atoms with E-state index in [-0.39, 0.29) is 11.3 Å². The van der Waals surface area contributed by atoms with Crippen LogP contribution in [0.2, 0.25) is 10.0 Å². The molecule has 0 bridgehead atoms. The van der Waals surface area contributed by atoms with Crippen molar-refractivity contribution in [2.24, 2.45) is 16.3 Å². The van der Waals surface area contributed by atoms with E-state index < -0.39 is 0 Å². The molecule has 5 rings (SSSR count). The van der Waals surface area contributed by atoms with E-state index in [4.69, 9.17) is 37.3 Å². The number of halogens is 2. The van der Waals surface area contributed by atoms with E-state index in [0.29, 0.717) is 46.2 Å².